The Hall–Kier alpha value is -0.250. The van der Waals surface area contributed by atoms with Crippen molar-refractivity contribution in [2.75, 3.05) is 32.8 Å². The van der Waals surface area contributed by atoms with Gasteiger partial charge < -0.3 is 15.9 Å². The van der Waals surface area contributed by atoms with Gasteiger partial charge in [-0.2, -0.15) is 8.42 Å². The highest BCUT2D eigenvalue weighted by atomic mass is 32.2. The minimum absolute atomic E-state index is 0.0300. The lowest BCUT2D eigenvalue weighted by molar-refractivity contribution is 0.147. The Bertz CT molecular complexity index is 237. The standard InChI is InChI=1S/C6H16N2O5S/c7-5-6(14(11,12)13)8(1-3-9)2-4-10/h6,9-10H,1-5,7H2,(H,11,12,13). The number of aliphatic hydroxyl groups excluding tert-OH is 2. The van der Waals surface area contributed by atoms with Crippen LogP contribution in [0.4, 0.5) is 0 Å². The molecule has 5 N–H and O–H groups in total. The number of nitrogens with two attached hydrogens (primary N) is 1. The lowest BCUT2D eigenvalue weighted by Crippen LogP contribution is -2.48. The van der Waals surface area contributed by atoms with Crippen molar-refractivity contribution in [3.05, 3.63) is 0 Å². The Balaban J connectivity index is 4.58. The molecule has 86 valence electrons. The second-order valence-electron chi connectivity index (χ2n) is 2.69. The Morgan fingerprint density at radius 1 is 1.21 bits per heavy atom. The molecule has 0 heterocycles. The lowest BCUT2D eigenvalue weighted by atomic mass is 10.4. The van der Waals surface area contributed by atoms with E-state index in [1.165, 1.54) is 4.90 Å². The molecule has 0 aliphatic heterocycles. The van der Waals surface area contributed by atoms with Gasteiger partial charge in [0.15, 0.2) is 5.37 Å². The van der Waals surface area contributed by atoms with Crippen LogP contribution in [0.5, 0.6) is 0 Å². The highest BCUT2D eigenvalue weighted by molar-refractivity contribution is 7.86. The molecule has 0 rings (SSSR count). The second-order valence-corrected chi connectivity index (χ2v) is 4.26. The minimum Gasteiger partial charge on any atom is -0.395 e. The Morgan fingerprint density at radius 3 is 1.86 bits per heavy atom. The first kappa shape index (κ1) is 13.8. The van der Waals surface area contributed by atoms with Crippen molar-refractivity contribution in [2.24, 2.45) is 5.73 Å². The summed E-state index contributed by atoms with van der Waals surface area (Å²) < 4.78 is 30.4. The molecule has 7 nitrogen and oxygen atoms in total. The summed E-state index contributed by atoms with van der Waals surface area (Å²) in [4.78, 5) is 1.20. The number of rotatable bonds is 7. The van der Waals surface area contributed by atoms with Gasteiger partial charge in [0.05, 0.1) is 13.2 Å². The van der Waals surface area contributed by atoms with Gasteiger partial charge in [0.1, 0.15) is 0 Å². The van der Waals surface area contributed by atoms with Crippen LogP contribution in [0, 0.1) is 0 Å². The lowest BCUT2D eigenvalue weighted by Gasteiger charge is -2.26. The number of nitrogens with zero attached hydrogens (tertiary/aromatic N) is 1. The van der Waals surface area contributed by atoms with Gasteiger partial charge in [-0.25, -0.2) is 0 Å². The average molecular weight is 228 g/mol. The summed E-state index contributed by atoms with van der Waals surface area (Å²) in [6.07, 6.45) is 0. The molecule has 0 saturated carbocycles. The fourth-order valence-electron chi connectivity index (χ4n) is 1.12. The van der Waals surface area contributed by atoms with E-state index in [1.807, 2.05) is 0 Å². The largest absolute Gasteiger partial charge is 0.395 e. The van der Waals surface area contributed by atoms with Gasteiger partial charge in [0, 0.05) is 19.6 Å². The smallest absolute Gasteiger partial charge is 0.282 e. The Kier molecular flexibility index (Phi) is 6.16. The third kappa shape index (κ3) is 4.31. The molecule has 0 saturated heterocycles. The molecule has 8 heteroatoms. The van der Waals surface area contributed by atoms with Crippen molar-refractivity contribution in [1.82, 2.24) is 4.90 Å². The predicted octanol–water partition coefficient (Wildman–Crippen LogP) is -2.55. The van der Waals surface area contributed by atoms with Crippen LogP contribution in [0.25, 0.3) is 0 Å². The maximum Gasteiger partial charge on any atom is 0.282 e. The molecule has 0 aromatic heterocycles. The van der Waals surface area contributed by atoms with E-state index in [9.17, 15) is 8.42 Å². The molecule has 0 radical (unpaired) electrons. The molecule has 0 aliphatic carbocycles. The van der Waals surface area contributed by atoms with E-state index in [2.05, 4.69) is 0 Å². The predicted molar refractivity (Wildman–Crippen MR) is 50.1 cm³/mol. The molecule has 1 unspecified atom stereocenters. The molecular formula is C6H16N2O5S. The highest BCUT2D eigenvalue weighted by Crippen LogP contribution is 2.04. The van der Waals surface area contributed by atoms with E-state index < -0.39 is 15.5 Å². The molecule has 0 spiro atoms. The van der Waals surface area contributed by atoms with Gasteiger partial charge in [-0.05, 0) is 0 Å². The van der Waals surface area contributed by atoms with Crippen LogP contribution in [0.2, 0.25) is 0 Å². The number of aliphatic hydroxyl groups is 2. The average Bonchev–Trinajstić information content (AvgIpc) is 2.03. The van der Waals surface area contributed by atoms with E-state index in [-0.39, 0.29) is 32.8 Å². The van der Waals surface area contributed by atoms with Crippen molar-refractivity contribution in [1.29, 1.82) is 0 Å². The summed E-state index contributed by atoms with van der Waals surface area (Å²) in [5.74, 6) is 0. The molecule has 0 aliphatic rings. The fourth-order valence-corrected chi connectivity index (χ4v) is 1.95. The molecule has 0 fully saturated rings. The summed E-state index contributed by atoms with van der Waals surface area (Å²) in [5, 5.41) is 16.0. The summed E-state index contributed by atoms with van der Waals surface area (Å²) in [7, 11) is -4.28. The van der Waals surface area contributed by atoms with Crippen molar-refractivity contribution in [3.8, 4) is 0 Å². The van der Waals surface area contributed by atoms with Crippen LogP contribution >= 0.6 is 0 Å². The van der Waals surface area contributed by atoms with Crippen molar-refractivity contribution in [3.63, 3.8) is 0 Å². The first-order valence-electron chi connectivity index (χ1n) is 4.09. The summed E-state index contributed by atoms with van der Waals surface area (Å²) in [6.45, 7) is -0.776. The van der Waals surface area contributed by atoms with Crippen LogP contribution in [0.1, 0.15) is 0 Å². The number of hydrogen-bond acceptors (Lipinski definition) is 6. The molecule has 0 bridgehead atoms. The van der Waals surface area contributed by atoms with E-state index >= 15 is 0 Å². The monoisotopic (exact) mass is 228 g/mol. The fraction of sp³-hybridized carbons (Fsp3) is 1.00. The Labute approximate surface area is 82.9 Å². The van der Waals surface area contributed by atoms with E-state index in [4.69, 9.17) is 20.5 Å². The van der Waals surface area contributed by atoms with Crippen molar-refractivity contribution >= 4 is 10.1 Å². The van der Waals surface area contributed by atoms with Crippen LogP contribution in [-0.2, 0) is 10.1 Å². The molecular weight excluding hydrogens is 212 g/mol. The highest BCUT2D eigenvalue weighted by Gasteiger charge is 2.27. The first-order chi connectivity index (χ1) is 6.47. The van der Waals surface area contributed by atoms with Gasteiger partial charge >= 0.3 is 0 Å². The van der Waals surface area contributed by atoms with E-state index in [0.29, 0.717) is 0 Å². The molecule has 14 heavy (non-hydrogen) atoms. The second kappa shape index (κ2) is 6.27. The normalized spacial score (nSPS) is 14.6. The van der Waals surface area contributed by atoms with Crippen LogP contribution in [0.15, 0.2) is 0 Å². The van der Waals surface area contributed by atoms with Crippen molar-refractivity contribution in [2.45, 2.75) is 5.37 Å². The topological polar surface area (TPSA) is 124 Å². The SMILES string of the molecule is NCC(N(CCO)CCO)S(=O)(=O)O. The van der Waals surface area contributed by atoms with Crippen LogP contribution in [0.3, 0.4) is 0 Å². The molecule has 1 atom stereocenters. The summed E-state index contributed by atoms with van der Waals surface area (Å²) >= 11 is 0. The van der Waals surface area contributed by atoms with Gasteiger partial charge in [-0.15, -0.1) is 0 Å². The first-order valence-corrected chi connectivity index (χ1v) is 5.59. The summed E-state index contributed by atoms with van der Waals surface area (Å²) in [5.41, 5.74) is 5.18. The minimum atomic E-state index is -4.28. The third-order valence-electron chi connectivity index (χ3n) is 1.73. The zero-order valence-corrected chi connectivity index (χ0v) is 8.52. The molecule has 0 amide bonds. The molecule has 0 aromatic carbocycles. The summed E-state index contributed by atoms with van der Waals surface area (Å²) in [6, 6.07) is 0. The van der Waals surface area contributed by atoms with Crippen molar-refractivity contribution < 1.29 is 23.2 Å². The van der Waals surface area contributed by atoms with E-state index in [0.717, 1.165) is 0 Å². The van der Waals surface area contributed by atoms with Gasteiger partial charge in [0.25, 0.3) is 10.1 Å². The maximum absolute atomic E-state index is 10.8. The van der Waals surface area contributed by atoms with Gasteiger partial charge in [-0.1, -0.05) is 0 Å². The van der Waals surface area contributed by atoms with E-state index in [1.54, 1.807) is 0 Å². The molecule has 0 aromatic rings. The van der Waals surface area contributed by atoms with Crippen LogP contribution < -0.4 is 5.73 Å². The maximum atomic E-state index is 10.8. The zero-order valence-electron chi connectivity index (χ0n) is 7.70. The zero-order chi connectivity index (χ0) is 11.2. The third-order valence-corrected chi connectivity index (χ3v) is 2.91. The van der Waals surface area contributed by atoms with Crippen LogP contribution in [-0.4, -0.2) is 66.3 Å². The quantitative estimate of drug-likeness (QED) is 0.353. The van der Waals surface area contributed by atoms with Gasteiger partial charge in [-0.3, -0.25) is 9.45 Å². The number of hydrogen-bond donors (Lipinski definition) is 4. The van der Waals surface area contributed by atoms with Gasteiger partial charge in [0.2, 0.25) is 0 Å². The Morgan fingerprint density at radius 2 is 1.64 bits per heavy atom.